The quantitative estimate of drug-likeness (QED) is 0.864. The van der Waals surface area contributed by atoms with Crippen LogP contribution in [0.25, 0.3) is 0 Å². The molecule has 2 heterocycles. The highest BCUT2D eigenvalue weighted by Crippen LogP contribution is 2.38. The van der Waals surface area contributed by atoms with E-state index in [4.69, 9.17) is 37.4 Å². The van der Waals surface area contributed by atoms with Gasteiger partial charge in [0.05, 0.1) is 10.9 Å². The van der Waals surface area contributed by atoms with Gasteiger partial charge in [-0.15, -0.1) is 0 Å². The summed E-state index contributed by atoms with van der Waals surface area (Å²) in [7, 11) is 0. The van der Waals surface area contributed by atoms with Crippen LogP contribution >= 0.6 is 23.2 Å². The zero-order chi connectivity index (χ0) is 18.1. The Morgan fingerprint density at radius 3 is 2.81 bits per heavy atom. The summed E-state index contributed by atoms with van der Waals surface area (Å²) in [5.41, 5.74) is 1.80. The zero-order valence-electron chi connectivity index (χ0n) is 13.9. The molecule has 7 heteroatoms. The summed E-state index contributed by atoms with van der Waals surface area (Å²) in [4.78, 5) is 12.5. The van der Waals surface area contributed by atoms with Crippen LogP contribution in [0.3, 0.4) is 0 Å². The molecule has 2 aromatic carbocycles. The lowest BCUT2D eigenvalue weighted by Crippen LogP contribution is -2.37. The van der Waals surface area contributed by atoms with E-state index in [1.54, 1.807) is 12.1 Å². The van der Waals surface area contributed by atoms with Gasteiger partial charge >= 0.3 is 0 Å². The third-order valence-electron chi connectivity index (χ3n) is 4.42. The standard InChI is InChI=1S/C19H17Cl2NO4/c20-14-1-2-16-12(8-14)7-13(10-26-16)19(23)22-9-11-5-15(21)18-17(6-11)24-3-4-25-18/h1-2,5-6,8,13H,3-4,7,9-10H2,(H,22,23). The molecule has 0 aromatic heterocycles. The van der Waals surface area contributed by atoms with Crippen molar-refractivity contribution in [2.24, 2.45) is 5.92 Å². The first-order valence-electron chi connectivity index (χ1n) is 8.37. The Balaban J connectivity index is 1.41. The monoisotopic (exact) mass is 393 g/mol. The van der Waals surface area contributed by atoms with E-state index >= 15 is 0 Å². The van der Waals surface area contributed by atoms with Crippen LogP contribution in [0.5, 0.6) is 17.2 Å². The Kier molecular flexibility index (Phi) is 4.83. The third kappa shape index (κ3) is 3.55. The smallest absolute Gasteiger partial charge is 0.227 e. The Bertz CT molecular complexity index is 856. The minimum absolute atomic E-state index is 0.0679. The number of hydrogen-bond acceptors (Lipinski definition) is 4. The van der Waals surface area contributed by atoms with Gasteiger partial charge < -0.3 is 19.5 Å². The lowest BCUT2D eigenvalue weighted by Gasteiger charge is -2.25. The number of nitrogens with one attached hydrogen (secondary N) is 1. The van der Waals surface area contributed by atoms with E-state index in [-0.39, 0.29) is 11.8 Å². The summed E-state index contributed by atoms with van der Waals surface area (Å²) in [6, 6.07) is 9.08. The maximum Gasteiger partial charge on any atom is 0.227 e. The molecule has 26 heavy (non-hydrogen) atoms. The molecule has 0 radical (unpaired) electrons. The molecular formula is C19H17Cl2NO4. The average molecular weight is 394 g/mol. The molecule has 4 rings (SSSR count). The Labute approximate surface area is 161 Å². The van der Waals surface area contributed by atoms with Crippen LogP contribution in [0.4, 0.5) is 0 Å². The zero-order valence-corrected chi connectivity index (χ0v) is 15.4. The highest BCUT2D eigenvalue weighted by atomic mass is 35.5. The fraction of sp³-hybridized carbons (Fsp3) is 0.316. The number of carbonyl (C=O) groups is 1. The van der Waals surface area contributed by atoms with Gasteiger partial charge in [-0.2, -0.15) is 0 Å². The third-order valence-corrected chi connectivity index (χ3v) is 4.94. The highest BCUT2D eigenvalue weighted by molar-refractivity contribution is 6.32. The summed E-state index contributed by atoms with van der Waals surface area (Å²) < 4.78 is 16.7. The second-order valence-corrected chi connectivity index (χ2v) is 7.13. The molecule has 5 nitrogen and oxygen atoms in total. The normalized spacial score (nSPS) is 17.8. The van der Waals surface area contributed by atoms with Gasteiger partial charge in [0.25, 0.3) is 0 Å². The molecule has 0 spiro atoms. The van der Waals surface area contributed by atoms with Gasteiger partial charge in [0.1, 0.15) is 25.6 Å². The number of fused-ring (bicyclic) bond motifs is 2. The Hall–Kier alpha value is -2.11. The first-order valence-corrected chi connectivity index (χ1v) is 9.12. The average Bonchev–Trinajstić information content (AvgIpc) is 2.65. The van der Waals surface area contributed by atoms with E-state index in [1.807, 2.05) is 18.2 Å². The van der Waals surface area contributed by atoms with Crippen LogP contribution in [0.15, 0.2) is 30.3 Å². The molecule has 0 saturated carbocycles. The van der Waals surface area contributed by atoms with E-state index in [0.717, 1.165) is 16.9 Å². The number of amides is 1. The van der Waals surface area contributed by atoms with E-state index in [9.17, 15) is 4.79 Å². The second-order valence-electron chi connectivity index (χ2n) is 6.28. The maximum atomic E-state index is 12.5. The number of halogens is 2. The van der Waals surface area contributed by atoms with Crippen molar-refractivity contribution in [1.29, 1.82) is 0 Å². The predicted octanol–water partition coefficient (Wildman–Crippen LogP) is 3.63. The van der Waals surface area contributed by atoms with Gasteiger partial charge in [-0.05, 0) is 47.9 Å². The van der Waals surface area contributed by atoms with Crippen LogP contribution < -0.4 is 19.5 Å². The predicted molar refractivity (Wildman–Crippen MR) is 98.4 cm³/mol. The summed E-state index contributed by atoms with van der Waals surface area (Å²) in [5, 5.41) is 4.06. The molecule has 1 atom stereocenters. The van der Waals surface area contributed by atoms with Crippen LogP contribution in [0.2, 0.25) is 10.0 Å². The molecule has 2 aliphatic rings. The molecule has 0 bridgehead atoms. The second kappa shape index (κ2) is 7.25. The van der Waals surface area contributed by atoms with E-state index in [2.05, 4.69) is 5.32 Å². The van der Waals surface area contributed by atoms with Crippen molar-refractivity contribution in [3.8, 4) is 17.2 Å². The lowest BCUT2D eigenvalue weighted by molar-refractivity contribution is -0.126. The van der Waals surface area contributed by atoms with Gasteiger partial charge in [0.15, 0.2) is 11.5 Å². The minimum Gasteiger partial charge on any atom is -0.492 e. The first-order chi connectivity index (χ1) is 12.6. The number of hydrogen-bond donors (Lipinski definition) is 1. The molecule has 0 fully saturated rings. The van der Waals surface area contributed by atoms with Crippen LogP contribution in [-0.4, -0.2) is 25.7 Å². The molecule has 136 valence electrons. The molecule has 0 saturated heterocycles. The fourth-order valence-electron chi connectivity index (χ4n) is 3.13. The van der Waals surface area contributed by atoms with Crippen molar-refractivity contribution in [1.82, 2.24) is 5.32 Å². The number of rotatable bonds is 3. The van der Waals surface area contributed by atoms with Gasteiger partial charge in [-0.3, -0.25) is 4.79 Å². The minimum atomic E-state index is -0.256. The first kappa shape index (κ1) is 17.3. The van der Waals surface area contributed by atoms with Gasteiger partial charge in [-0.25, -0.2) is 0 Å². The number of ether oxygens (including phenoxy) is 3. The molecule has 2 aromatic rings. The van der Waals surface area contributed by atoms with Crippen molar-refractivity contribution in [3.05, 3.63) is 51.5 Å². The number of carbonyl (C=O) groups excluding carboxylic acids is 1. The van der Waals surface area contributed by atoms with E-state index < -0.39 is 0 Å². The summed E-state index contributed by atoms with van der Waals surface area (Å²) >= 11 is 12.3. The van der Waals surface area contributed by atoms with E-state index in [1.165, 1.54) is 0 Å². The molecule has 2 aliphatic heterocycles. The summed E-state index contributed by atoms with van der Waals surface area (Å²) in [6.45, 7) is 1.67. The Morgan fingerprint density at radius 1 is 1.08 bits per heavy atom. The molecule has 0 aliphatic carbocycles. The van der Waals surface area contributed by atoms with E-state index in [0.29, 0.717) is 54.3 Å². The lowest BCUT2D eigenvalue weighted by atomic mass is 9.96. The van der Waals surface area contributed by atoms with Crippen molar-refractivity contribution in [2.45, 2.75) is 13.0 Å². The van der Waals surface area contributed by atoms with Gasteiger partial charge in [0.2, 0.25) is 5.91 Å². The molecule has 1 unspecified atom stereocenters. The molecule has 1 amide bonds. The molecule has 1 N–H and O–H groups in total. The van der Waals surface area contributed by atoms with Crippen molar-refractivity contribution in [3.63, 3.8) is 0 Å². The van der Waals surface area contributed by atoms with Crippen molar-refractivity contribution in [2.75, 3.05) is 19.8 Å². The number of benzene rings is 2. The Morgan fingerprint density at radius 2 is 1.92 bits per heavy atom. The SMILES string of the molecule is O=C(NCc1cc(Cl)c2c(c1)OCCO2)C1COc2ccc(Cl)cc2C1. The maximum absolute atomic E-state index is 12.5. The van der Waals surface area contributed by atoms with Gasteiger partial charge in [-0.1, -0.05) is 23.2 Å². The summed E-state index contributed by atoms with van der Waals surface area (Å²) in [5.74, 6) is 1.63. The van der Waals surface area contributed by atoms with Crippen LogP contribution in [0, 0.1) is 5.92 Å². The van der Waals surface area contributed by atoms with Crippen molar-refractivity contribution >= 4 is 29.1 Å². The van der Waals surface area contributed by atoms with Crippen molar-refractivity contribution < 1.29 is 19.0 Å². The molecular weight excluding hydrogens is 377 g/mol. The topological polar surface area (TPSA) is 56.8 Å². The largest absolute Gasteiger partial charge is 0.492 e. The summed E-state index contributed by atoms with van der Waals surface area (Å²) in [6.07, 6.45) is 0.601. The van der Waals surface area contributed by atoms with Crippen LogP contribution in [0.1, 0.15) is 11.1 Å². The van der Waals surface area contributed by atoms with Crippen LogP contribution in [-0.2, 0) is 17.8 Å². The highest BCUT2D eigenvalue weighted by Gasteiger charge is 2.26. The van der Waals surface area contributed by atoms with Gasteiger partial charge in [0, 0.05) is 11.6 Å². The fourth-order valence-corrected chi connectivity index (χ4v) is 3.61.